The van der Waals surface area contributed by atoms with Crippen LogP contribution in [0, 0.1) is 25.7 Å². The zero-order chi connectivity index (χ0) is 15.0. The van der Waals surface area contributed by atoms with E-state index in [0.29, 0.717) is 5.92 Å². The quantitative estimate of drug-likeness (QED) is 0.694. The van der Waals surface area contributed by atoms with E-state index in [9.17, 15) is 0 Å². The van der Waals surface area contributed by atoms with E-state index < -0.39 is 0 Å². The summed E-state index contributed by atoms with van der Waals surface area (Å²) in [6, 6.07) is 6.87. The topological polar surface area (TPSA) is 21.3 Å². The maximum absolute atomic E-state index is 5.09. The molecular weight excluding hydrogens is 246 g/mol. The van der Waals surface area contributed by atoms with E-state index in [1.54, 1.807) is 7.11 Å². The maximum atomic E-state index is 5.09. The summed E-state index contributed by atoms with van der Waals surface area (Å²) in [4.78, 5) is 0. The Hall–Kier alpha value is -0.860. The van der Waals surface area contributed by atoms with Gasteiger partial charge in [0.1, 0.15) is 0 Å². The lowest BCUT2D eigenvalue weighted by Crippen LogP contribution is -2.28. The second kappa shape index (κ2) is 9.15. The second-order valence-electron chi connectivity index (χ2n) is 6.32. The molecule has 0 heterocycles. The van der Waals surface area contributed by atoms with Crippen molar-refractivity contribution in [2.75, 3.05) is 26.8 Å². The molecule has 0 fully saturated rings. The lowest BCUT2D eigenvalue weighted by molar-refractivity contribution is 0.197. The van der Waals surface area contributed by atoms with Gasteiger partial charge in [0, 0.05) is 13.7 Å². The first-order valence-corrected chi connectivity index (χ1v) is 7.78. The van der Waals surface area contributed by atoms with E-state index in [1.165, 1.54) is 29.5 Å². The van der Waals surface area contributed by atoms with E-state index in [0.717, 1.165) is 25.6 Å². The number of hydrogen-bond donors (Lipinski definition) is 1. The average Bonchev–Trinajstić information content (AvgIpc) is 2.38. The van der Waals surface area contributed by atoms with E-state index in [4.69, 9.17) is 4.74 Å². The summed E-state index contributed by atoms with van der Waals surface area (Å²) in [5.74, 6) is 1.45. The molecule has 1 N–H and O–H groups in total. The van der Waals surface area contributed by atoms with E-state index in [2.05, 4.69) is 51.2 Å². The van der Waals surface area contributed by atoms with Gasteiger partial charge in [0.05, 0.1) is 6.61 Å². The number of ether oxygens (including phenoxy) is 1. The van der Waals surface area contributed by atoms with Gasteiger partial charge in [0.2, 0.25) is 0 Å². The van der Waals surface area contributed by atoms with Crippen molar-refractivity contribution in [3.8, 4) is 0 Å². The van der Waals surface area contributed by atoms with Crippen LogP contribution in [-0.2, 0) is 11.2 Å². The predicted molar refractivity (Wildman–Crippen MR) is 87.3 cm³/mol. The molecule has 1 aromatic rings. The van der Waals surface area contributed by atoms with Crippen LogP contribution in [0.15, 0.2) is 18.2 Å². The second-order valence-corrected chi connectivity index (χ2v) is 6.32. The normalized spacial score (nSPS) is 12.9. The zero-order valence-corrected chi connectivity index (χ0v) is 13.8. The summed E-state index contributed by atoms with van der Waals surface area (Å²) >= 11 is 0. The van der Waals surface area contributed by atoms with Crippen LogP contribution in [0.25, 0.3) is 0 Å². The summed E-state index contributed by atoms with van der Waals surface area (Å²) in [5, 5.41) is 3.51. The van der Waals surface area contributed by atoms with Crippen molar-refractivity contribution >= 4 is 0 Å². The van der Waals surface area contributed by atoms with Crippen molar-refractivity contribution in [3.05, 3.63) is 34.9 Å². The number of nitrogens with one attached hydrogen (secondary N) is 1. The Labute approximate surface area is 124 Å². The Balaban J connectivity index is 2.56. The molecule has 0 bridgehead atoms. The fraction of sp³-hybridized carbons (Fsp3) is 0.667. The highest BCUT2D eigenvalue weighted by Gasteiger charge is 2.12. The molecule has 0 radical (unpaired) electrons. The van der Waals surface area contributed by atoms with Gasteiger partial charge in [0.15, 0.2) is 0 Å². The SMILES string of the molecule is COCCNCC(Cc1ccc(C)c(C)c1)CC(C)C. The highest BCUT2D eigenvalue weighted by atomic mass is 16.5. The molecule has 2 heteroatoms. The minimum absolute atomic E-state index is 0.703. The van der Waals surface area contributed by atoms with Crippen LogP contribution < -0.4 is 5.32 Å². The largest absolute Gasteiger partial charge is 0.383 e. The fourth-order valence-corrected chi connectivity index (χ4v) is 2.65. The number of methoxy groups -OCH3 is 1. The van der Waals surface area contributed by atoms with Crippen molar-refractivity contribution in [1.82, 2.24) is 5.32 Å². The van der Waals surface area contributed by atoms with Gasteiger partial charge in [-0.25, -0.2) is 0 Å². The lowest BCUT2D eigenvalue weighted by atomic mass is 9.90. The van der Waals surface area contributed by atoms with Crippen molar-refractivity contribution in [2.45, 2.75) is 40.5 Å². The Bertz CT molecular complexity index is 387. The molecule has 1 unspecified atom stereocenters. The fourth-order valence-electron chi connectivity index (χ4n) is 2.65. The average molecular weight is 277 g/mol. The molecule has 0 saturated heterocycles. The van der Waals surface area contributed by atoms with Crippen LogP contribution >= 0.6 is 0 Å². The van der Waals surface area contributed by atoms with E-state index in [-0.39, 0.29) is 0 Å². The first-order chi connectivity index (χ1) is 9.52. The number of benzene rings is 1. The molecule has 0 amide bonds. The highest BCUT2D eigenvalue weighted by Crippen LogP contribution is 2.19. The molecule has 1 rings (SSSR count). The Morgan fingerprint density at radius 3 is 2.50 bits per heavy atom. The first kappa shape index (κ1) is 17.2. The standard InChI is InChI=1S/C18H31NO/c1-14(2)10-18(13-19-8-9-20-5)12-17-7-6-15(3)16(4)11-17/h6-7,11,14,18-19H,8-10,12-13H2,1-5H3. The minimum Gasteiger partial charge on any atom is -0.383 e. The molecule has 2 nitrogen and oxygen atoms in total. The molecule has 0 saturated carbocycles. The van der Waals surface area contributed by atoms with Crippen molar-refractivity contribution in [2.24, 2.45) is 11.8 Å². The zero-order valence-electron chi connectivity index (χ0n) is 13.8. The third-order valence-electron chi connectivity index (χ3n) is 3.82. The minimum atomic E-state index is 0.703. The Morgan fingerprint density at radius 1 is 1.15 bits per heavy atom. The van der Waals surface area contributed by atoms with Gasteiger partial charge in [-0.3, -0.25) is 0 Å². The van der Waals surface area contributed by atoms with Crippen LogP contribution in [0.5, 0.6) is 0 Å². The molecule has 0 spiro atoms. The van der Waals surface area contributed by atoms with Gasteiger partial charge in [0.25, 0.3) is 0 Å². The van der Waals surface area contributed by atoms with Crippen molar-refractivity contribution in [3.63, 3.8) is 0 Å². The molecule has 0 aliphatic carbocycles. The third-order valence-corrected chi connectivity index (χ3v) is 3.82. The molecule has 0 aromatic heterocycles. The molecule has 20 heavy (non-hydrogen) atoms. The summed E-state index contributed by atoms with van der Waals surface area (Å²) < 4.78 is 5.09. The maximum Gasteiger partial charge on any atom is 0.0587 e. The van der Waals surface area contributed by atoms with Crippen LogP contribution in [-0.4, -0.2) is 26.8 Å². The molecule has 114 valence electrons. The summed E-state index contributed by atoms with van der Waals surface area (Å²) in [6.07, 6.45) is 2.44. The summed E-state index contributed by atoms with van der Waals surface area (Å²) in [7, 11) is 1.75. The van der Waals surface area contributed by atoms with Crippen molar-refractivity contribution < 1.29 is 4.74 Å². The number of hydrogen-bond acceptors (Lipinski definition) is 2. The van der Waals surface area contributed by atoms with E-state index in [1.807, 2.05) is 0 Å². The molecular formula is C18H31NO. The van der Waals surface area contributed by atoms with Gasteiger partial charge in [-0.05, 0) is 61.8 Å². The number of rotatable bonds is 9. The molecule has 1 aromatic carbocycles. The summed E-state index contributed by atoms with van der Waals surface area (Å²) in [6.45, 7) is 11.8. The summed E-state index contributed by atoms with van der Waals surface area (Å²) in [5.41, 5.74) is 4.25. The van der Waals surface area contributed by atoms with E-state index >= 15 is 0 Å². The number of aryl methyl sites for hydroxylation is 2. The Kier molecular flexibility index (Phi) is 7.86. The van der Waals surface area contributed by atoms with Crippen LogP contribution in [0.3, 0.4) is 0 Å². The van der Waals surface area contributed by atoms with Crippen molar-refractivity contribution in [1.29, 1.82) is 0 Å². The van der Waals surface area contributed by atoms with Crippen LogP contribution in [0.1, 0.15) is 37.0 Å². The first-order valence-electron chi connectivity index (χ1n) is 7.78. The molecule has 0 aliphatic heterocycles. The molecule has 0 aliphatic rings. The van der Waals surface area contributed by atoms with Crippen LogP contribution in [0.4, 0.5) is 0 Å². The van der Waals surface area contributed by atoms with Gasteiger partial charge in [-0.1, -0.05) is 32.0 Å². The lowest BCUT2D eigenvalue weighted by Gasteiger charge is -2.20. The third kappa shape index (κ3) is 6.53. The van der Waals surface area contributed by atoms with Gasteiger partial charge in [-0.15, -0.1) is 0 Å². The Morgan fingerprint density at radius 2 is 1.90 bits per heavy atom. The van der Waals surface area contributed by atoms with Gasteiger partial charge >= 0.3 is 0 Å². The molecule has 1 atom stereocenters. The monoisotopic (exact) mass is 277 g/mol. The smallest absolute Gasteiger partial charge is 0.0587 e. The van der Waals surface area contributed by atoms with Crippen LogP contribution in [0.2, 0.25) is 0 Å². The highest BCUT2D eigenvalue weighted by molar-refractivity contribution is 5.30. The predicted octanol–water partition coefficient (Wildman–Crippen LogP) is 3.74. The van der Waals surface area contributed by atoms with Gasteiger partial charge in [-0.2, -0.15) is 0 Å². The van der Waals surface area contributed by atoms with Gasteiger partial charge < -0.3 is 10.1 Å².